The second kappa shape index (κ2) is 19.3. The Kier molecular flexibility index (Phi) is 18.6. The first kappa shape index (κ1) is 31.8. The molecular formula is C21H34N2O10. The number of rotatable bonds is 11. The number of aliphatic hydroxyl groups is 1. The predicted molar refractivity (Wildman–Crippen MR) is 119 cm³/mol. The van der Waals surface area contributed by atoms with Gasteiger partial charge < -0.3 is 40.9 Å². The number of aliphatic hydroxyl groups excluding tert-OH is 1. The van der Waals surface area contributed by atoms with Crippen molar-refractivity contribution in [1.29, 1.82) is 0 Å². The highest BCUT2D eigenvalue weighted by Gasteiger charge is 2.11. The zero-order valence-electron chi connectivity index (χ0n) is 18.8. The lowest BCUT2D eigenvalue weighted by Crippen LogP contribution is -2.37. The lowest BCUT2D eigenvalue weighted by Gasteiger charge is -2.25. The molecule has 0 saturated carbocycles. The molecule has 0 aromatic heterocycles. The van der Waals surface area contributed by atoms with Crippen LogP contribution < -0.4 is 5.32 Å². The van der Waals surface area contributed by atoms with Crippen molar-refractivity contribution in [3.8, 4) is 5.75 Å². The first-order valence-corrected chi connectivity index (χ1v) is 10.3. The first-order valence-electron chi connectivity index (χ1n) is 10.3. The summed E-state index contributed by atoms with van der Waals surface area (Å²) in [5.41, 5.74) is 0.917. The molecule has 33 heavy (non-hydrogen) atoms. The molecule has 188 valence electrons. The van der Waals surface area contributed by atoms with Crippen molar-refractivity contribution < 1.29 is 49.8 Å². The minimum Gasteiger partial charge on any atom is -0.508 e. The van der Waals surface area contributed by atoms with Gasteiger partial charge in [0.1, 0.15) is 5.75 Å². The molecule has 1 rings (SSSR count). The van der Waals surface area contributed by atoms with E-state index < -0.39 is 23.9 Å². The molecular weight excluding hydrogens is 440 g/mol. The fourth-order valence-electron chi connectivity index (χ4n) is 2.24. The van der Waals surface area contributed by atoms with E-state index in [1.165, 1.54) is 25.7 Å². The number of phenolic OH excluding ortho intramolecular Hbond substituents is 1. The summed E-state index contributed by atoms with van der Waals surface area (Å²) in [7, 11) is 0. The highest BCUT2D eigenvalue weighted by Crippen LogP contribution is 2.13. The molecule has 1 aromatic rings. The highest BCUT2D eigenvalue weighted by atomic mass is 16.4. The van der Waals surface area contributed by atoms with Crippen molar-refractivity contribution in [1.82, 2.24) is 4.90 Å². The van der Waals surface area contributed by atoms with Crippen LogP contribution in [0.1, 0.15) is 39.5 Å². The molecule has 0 aliphatic carbocycles. The van der Waals surface area contributed by atoms with Gasteiger partial charge in [0.05, 0.1) is 6.10 Å². The molecule has 0 fully saturated rings. The van der Waals surface area contributed by atoms with Crippen LogP contribution in [-0.2, 0) is 19.2 Å². The minimum absolute atomic E-state index is 0.256. The third kappa shape index (κ3) is 20.3. The van der Waals surface area contributed by atoms with E-state index >= 15 is 0 Å². The fourth-order valence-corrected chi connectivity index (χ4v) is 2.24. The molecule has 1 aromatic carbocycles. The maximum absolute atomic E-state index is 10.2. The van der Waals surface area contributed by atoms with E-state index in [9.17, 15) is 10.2 Å². The van der Waals surface area contributed by atoms with E-state index in [1.54, 1.807) is 12.1 Å². The summed E-state index contributed by atoms with van der Waals surface area (Å²) in [5, 5.41) is 52.2. The normalized spacial score (nSPS) is 10.7. The second-order valence-corrected chi connectivity index (χ2v) is 6.81. The molecule has 12 heteroatoms. The third-order valence-electron chi connectivity index (χ3n) is 3.90. The molecule has 0 heterocycles. The number of anilines is 1. The Morgan fingerprint density at radius 1 is 0.818 bits per heavy atom. The third-order valence-corrected chi connectivity index (χ3v) is 3.90. The fraction of sp³-hybridized carbons (Fsp3) is 0.524. The molecule has 1 atom stereocenters. The van der Waals surface area contributed by atoms with Crippen LogP contribution in [0.25, 0.3) is 0 Å². The lowest BCUT2D eigenvalue weighted by molar-refractivity contribution is -0.159. The molecule has 0 radical (unpaired) electrons. The zero-order chi connectivity index (χ0) is 25.8. The highest BCUT2D eigenvalue weighted by molar-refractivity contribution is 6.27. The number of benzene rings is 1. The van der Waals surface area contributed by atoms with Crippen molar-refractivity contribution in [2.75, 3.05) is 31.5 Å². The van der Waals surface area contributed by atoms with Crippen molar-refractivity contribution in [2.24, 2.45) is 0 Å². The number of aliphatic carboxylic acids is 4. The topological polar surface area (TPSA) is 205 Å². The molecule has 0 amide bonds. The Morgan fingerprint density at radius 2 is 1.21 bits per heavy atom. The molecule has 1 unspecified atom stereocenters. The smallest absolute Gasteiger partial charge is 0.414 e. The molecule has 0 spiro atoms. The van der Waals surface area contributed by atoms with Crippen LogP contribution in [0.2, 0.25) is 0 Å². The van der Waals surface area contributed by atoms with Gasteiger partial charge in [-0.05, 0) is 50.2 Å². The van der Waals surface area contributed by atoms with Gasteiger partial charge >= 0.3 is 23.9 Å². The van der Waals surface area contributed by atoms with Crippen molar-refractivity contribution in [3.05, 3.63) is 24.3 Å². The molecule has 0 bridgehead atoms. The van der Waals surface area contributed by atoms with Gasteiger partial charge in [-0.1, -0.05) is 26.7 Å². The van der Waals surface area contributed by atoms with Gasteiger partial charge in [-0.2, -0.15) is 0 Å². The summed E-state index contributed by atoms with van der Waals surface area (Å²) in [6, 6.07) is 6.91. The summed E-state index contributed by atoms with van der Waals surface area (Å²) in [6.45, 7) is 7.76. The van der Waals surface area contributed by atoms with Gasteiger partial charge in [0.25, 0.3) is 0 Å². The predicted octanol–water partition coefficient (Wildman–Crippen LogP) is 1.38. The number of unbranched alkanes of at least 4 members (excludes halogenated alkanes) is 2. The Labute approximate surface area is 192 Å². The quantitative estimate of drug-likeness (QED) is 0.179. The van der Waals surface area contributed by atoms with E-state index in [-0.39, 0.29) is 11.9 Å². The van der Waals surface area contributed by atoms with E-state index in [4.69, 9.17) is 39.6 Å². The standard InChI is InChI=1S/C17H30N2O2.2C2H2O4/c1-3-5-11-19(12-6-4-2)14-17(21)13-18-15-7-9-16(20)10-8-15;2*3-1(4)2(5)6/h7-10,17-18,20-21H,3-6,11-14H2,1-2H3;2*(H,3,4)(H,5,6). The summed E-state index contributed by atoms with van der Waals surface area (Å²) in [6.07, 6.45) is 4.35. The average molecular weight is 475 g/mol. The van der Waals surface area contributed by atoms with Crippen LogP contribution in [0.4, 0.5) is 5.69 Å². The molecule has 12 nitrogen and oxygen atoms in total. The van der Waals surface area contributed by atoms with Gasteiger partial charge in [-0.25, -0.2) is 19.2 Å². The van der Waals surface area contributed by atoms with Crippen molar-refractivity contribution >= 4 is 29.6 Å². The number of carboxylic acids is 4. The summed E-state index contributed by atoms with van der Waals surface area (Å²) >= 11 is 0. The number of aromatic hydroxyl groups is 1. The number of hydrogen-bond donors (Lipinski definition) is 7. The van der Waals surface area contributed by atoms with E-state index in [2.05, 4.69) is 24.1 Å². The summed E-state index contributed by atoms with van der Waals surface area (Å²) < 4.78 is 0. The summed E-state index contributed by atoms with van der Waals surface area (Å²) in [4.78, 5) is 38.8. The summed E-state index contributed by atoms with van der Waals surface area (Å²) in [5.74, 6) is -7.04. The van der Waals surface area contributed by atoms with Crippen LogP contribution in [0, 0.1) is 0 Å². The van der Waals surface area contributed by atoms with Gasteiger partial charge in [0.2, 0.25) is 0 Å². The van der Waals surface area contributed by atoms with Crippen LogP contribution in [-0.4, -0.2) is 91.7 Å². The van der Waals surface area contributed by atoms with Crippen molar-refractivity contribution in [3.63, 3.8) is 0 Å². The van der Waals surface area contributed by atoms with Crippen LogP contribution >= 0.6 is 0 Å². The average Bonchev–Trinajstić information content (AvgIpc) is 2.76. The molecule has 0 aliphatic rings. The monoisotopic (exact) mass is 474 g/mol. The largest absolute Gasteiger partial charge is 0.508 e. The number of carboxylic acid groups (broad SMARTS) is 4. The van der Waals surface area contributed by atoms with E-state index in [0.29, 0.717) is 13.1 Å². The van der Waals surface area contributed by atoms with E-state index in [0.717, 1.165) is 18.8 Å². The number of carbonyl (C=O) groups is 4. The maximum atomic E-state index is 10.2. The Bertz CT molecular complexity index is 654. The van der Waals surface area contributed by atoms with Gasteiger partial charge in [0.15, 0.2) is 0 Å². The van der Waals surface area contributed by atoms with Gasteiger partial charge in [0, 0.05) is 18.8 Å². The van der Waals surface area contributed by atoms with Crippen LogP contribution in [0.15, 0.2) is 24.3 Å². The Balaban J connectivity index is 0. The minimum atomic E-state index is -1.82. The van der Waals surface area contributed by atoms with Gasteiger partial charge in [-0.15, -0.1) is 0 Å². The number of phenols is 1. The zero-order valence-corrected chi connectivity index (χ0v) is 18.8. The molecule has 0 aliphatic heterocycles. The second-order valence-electron chi connectivity index (χ2n) is 6.81. The maximum Gasteiger partial charge on any atom is 0.414 e. The SMILES string of the molecule is CCCCN(CCCC)CC(O)CNc1ccc(O)cc1.O=C(O)C(=O)O.O=C(O)C(=O)O. The Hall–Kier alpha value is -3.38. The first-order chi connectivity index (χ1) is 15.4. The van der Waals surface area contributed by atoms with Gasteiger partial charge in [-0.3, -0.25) is 0 Å². The van der Waals surface area contributed by atoms with Crippen LogP contribution in [0.5, 0.6) is 5.75 Å². The number of nitrogens with zero attached hydrogens (tertiary/aromatic N) is 1. The molecule has 7 N–H and O–H groups in total. The number of hydrogen-bond acceptors (Lipinski definition) is 8. The van der Waals surface area contributed by atoms with E-state index in [1.807, 2.05) is 12.1 Å². The molecule has 0 saturated heterocycles. The lowest BCUT2D eigenvalue weighted by atomic mass is 10.2. The number of nitrogens with one attached hydrogen (secondary N) is 1. The van der Waals surface area contributed by atoms with Crippen molar-refractivity contribution in [2.45, 2.75) is 45.6 Å². The van der Waals surface area contributed by atoms with Crippen LogP contribution in [0.3, 0.4) is 0 Å². The Morgan fingerprint density at radius 3 is 1.55 bits per heavy atom.